The number of esters is 1. The minimum atomic E-state index is -3.05. The Morgan fingerprint density at radius 3 is 2.77 bits per heavy atom. The van der Waals surface area contributed by atoms with Gasteiger partial charge in [0.15, 0.2) is 10.8 Å². The molecule has 4 atom stereocenters. The van der Waals surface area contributed by atoms with Crippen molar-refractivity contribution in [3.05, 3.63) is 63.0 Å². The van der Waals surface area contributed by atoms with Crippen molar-refractivity contribution in [2.24, 2.45) is 10.9 Å². The second kappa shape index (κ2) is 10.9. The van der Waals surface area contributed by atoms with E-state index in [0.29, 0.717) is 27.7 Å². The lowest BCUT2D eigenvalue weighted by Gasteiger charge is -2.32. The van der Waals surface area contributed by atoms with E-state index in [2.05, 4.69) is 10.3 Å². The number of carboxylic acid groups (broad SMARTS) is 1. The fraction of sp³-hybridized carbons (Fsp3) is 0.481. The Balaban J connectivity index is 1.57. The maximum atomic E-state index is 15.2. The summed E-state index contributed by atoms with van der Waals surface area (Å²) in [4.78, 5) is 37.1. The van der Waals surface area contributed by atoms with Gasteiger partial charge in [-0.2, -0.15) is 0 Å². The highest BCUT2D eigenvalue weighted by atomic mass is 32.1. The first-order chi connectivity index (χ1) is 19.0. The fourth-order valence-electron chi connectivity index (χ4n) is 5.72. The van der Waals surface area contributed by atoms with Crippen molar-refractivity contribution in [1.29, 1.82) is 0 Å². The maximum absolute atomic E-state index is 15.2. The number of fused-ring (bicyclic) bond motifs is 1. The topological polar surface area (TPSA) is 107 Å². The fourth-order valence-corrected chi connectivity index (χ4v) is 6.31. The zero-order valence-corrected chi connectivity index (χ0v) is 23.1. The predicted molar refractivity (Wildman–Crippen MR) is 142 cm³/mol. The molecule has 3 unspecified atom stereocenters. The number of carboxylic acids is 1. The van der Waals surface area contributed by atoms with Gasteiger partial charge in [-0.25, -0.2) is 22.9 Å². The Hall–Kier alpha value is -3.29. The average molecular weight is 578 g/mol. The number of hydrogen-bond acceptors (Lipinski definition) is 9. The number of nitrogens with one attached hydrogen (secondary N) is 1. The number of carbonyl (C=O) groups excluding carboxylic acids is 1. The van der Waals surface area contributed by atoms with Crippen molar-refractivity contribution in [2.45, 2.75) is 44.8 Å². The molecule has 2 N–H and O–H groups in total. The summed E-state index contributed by atoms with van der Waals surface area (Å²) in [5.74, 6) is -6.00. The van der Waals surface area contributed by atoms with Crippen LogP contribution < -0.4 is 5.32 Å². The largest absolute Gasteiger partial charge is 0.480 e. The van der Waals surface area contributed by atoms with E-state index in [1.807, 2.05) is 0 Å². The molecule has 1 aromatic heterocycles. The summed E-state index contributed by atoms with van der Waals surface area (Å²) in [7, 11) is 0. The van der Waals surface area contributed by atoms with E-state index in [-0.39, 0.29) is 31.8 Å². The molecule has 3 aliphatic rings. The monoisotopic (exact) mass is 577 g/mol. The number of halogens is 3. The number of aromatic nitrogens is 1. The van der Waals surface area contributed by atoms with Gasteiger partial charge in [0.05, 0.1) is 24.6 Å². The molecule has 2 aromatic rings. The van der Waals surface area contributed by atoms with E-state index in [1.165, 1.54) is 30.4 Å². The van der Waals surface area contributed by atoms with Crippen LogP contribution in [0.5, 0.6) is 0 Å². The third-order valence-corrected chi connectivity index (χ3v) is 8.65. The molecular formula is C27H30F3N5O4S. The van der Waals surface area contributed by atoms with Gasteiger partial charge in [0.2, 0.25) is 0 Å². The lowest BCUT2D eigenvalue weighted by atomic mass is 9.92. The molecule has 0 bridgehead atoms. The van der Waals surface area contributed by atoms with E-state index in [4.69, 9.17) is 9.73 Å². The zero-order valence-electron chi connectivity index (χ0n) is 22.2. The van der Waals surface area contributed by atoms with Gasteiger partial charge in [0.25, 0.3) is 5.92 Å². The van der Waals surface area contributed by atoms with Crippen LogP contribution in [0.3, 0.4) is 0 Å². The molecule has 5 rings (SSSR count). The van der Waals surface area contributed by atoms with Crippen LogP contribution in [0.1, 0.15) is 36.0 Å². The van der Waals surface area contributed by atoms with Crippen molar-refractivity contribution in [3.8, 4) is 0 Å². The van der Waals surface area contributed by atoms with E-state index in [9.17, 15) is 19.1 Å². The second-order valence-corrected chi connectivity index (χ2v) is 11.1. The van der Waals surface area contributed by atoms with Crippen LogP contribution in [-0.2, 0) is 14.3 Å². The summed E-state index contributed by atoms with van der Waals surface area (Å²) in [6.45, 7) is 4.29. The highest BCUT2D eigenvalue weighted by molar-refractivity contribution is 7.11. The third-order valence-electron chi connectivity index (χ3n) is 7.87. The lowest BCUT2D eigenvalue weighted by Crippen LogP contribution is -2.45. The molecule has 3 aliphatic heterocycles. The first-order valence-electron chi connectivity index (χ1n) is 13.0. The van der Waals surface area contributed by atoms with Crippen molar-refractivity contribution < 1.29 is 32.6 Å². The minimum Gasteiger partial charge on any atom is -0.480 e. The molecule has 0 spiro atoms. The Labute approximate surface area is 233 Å². The quantitative estimate of drug-likeness (QED) is 0.461. The summed E-state index contributed by atoms with van der Waals surface area (Å²) in [6.07, 6.45) is 1.60. The summed E-state index contributed by atoms with van der Waals surface area (Å²) < 4.78 is 50.5. The molecule has 13 heteroatoms. The first kappa shape index (κ1) is 28.2. The van der Waals surface area contributed by atoms with Gasteiger partial charge in [0, 0.05) is 43.0 Å². The number of aliphatic imine (C=N–C) groups is 1. The highest BCUT2D eigenvalue weighted by Crippen LogP contribution is 2.44. The normalized spacial score (nSPS) is 25.4. The van der Waals surface area contributed by atoms with Gasteiger partial charge in [-0.05, 0) is 38.0 Å². The number of ether oxygens (including phenoxy) is 1. The number of carbonyl (C=O) groups is 2. The lowest BCUT2D eigenvalue weighted by molar-refractivity contribution is -0.143. The average Bonchev–Trinajstić information content (AvgIpc) is 3.64. The Kier molecular flexibility index (Phi) is 7.73. The van der Waals surface area contributed by atoms with E-state index >= 15 is 8.78 Å². The third kappa shape index (κ3) is 5.13. The molecule has 0 saturated carbocycles. The van der Waals surface area contributed by atoms with E-state index in [1.54, 1.807) is 41.3 Å². The Morgan fingerprint density at radius 2 is 2.10 bits per heavy atom. The molecule has 0 amide bonds. The molecule has 9 nitrogen and oxygen atoms in total. The zero-order chi connectivity index (χ0) is 28.8. The number of rotatable bonds is 8. The minimum absolute atomic E-state index is 0.0459. The van der Waals surface area contributed by atoms with Gasteiger partial charge < -0.3 is 15.2 Å². The van der Waals surface area contributed by atoms with Gasteiger partial charge in [-0.1, -0.05) is 12.1 Å². The highest BCUT2D eigenvalue weighted by Gasteiger charge is 2.59. The number of thiazole rings is 1. The Morgan fingerprint density at radius 1 is 1.32 bits per heavy atom. The van der Waals surface area contributed by atoms with Crippen molar-refractivity contribution in [1.82, 2.24) is 20.1 Å². The van der Waals surface area contributed by atoms with Gasteiger partial charge in [-0.15, -0.1) is 11.3 Å². The first-order valence-corrected chi connectivity index (χ1v) is 13.9. The van der Waals surface area contributed by atoms with Gasteiger partial charge >= 0.3 is 11.9 Å². The van der Waals surface area contributed by atoms with Crippen LogP contribution in [0.15, 0.2) is 46.0 Å². The van der Waals surface area contributed by atoms with Crippen LogP contribution in [0.2, 0.25) is 0 Å². The van der Waals surface area contributed by atoms with Crippen LogP contribution in [0.25, 0.3) is 0 Å². The molecule has 1 aromatic carbocycles. The SMILES string of the molecule is CCOC(=O)C1=C(CN2CC(F)(F)C3CN(C(C)C(=O)O)CC32)NC(c2nccs2)=N[C@H]1c1cccc(F)c1C. The summed E-state index contributed by atoms with van der Waals surface area (Å²) in [5, 5.41) is 14.9. The Bertz CT molecular complexity index is 1370. The number of likely N-dealkylation sites (tertiary alicyclic amines) is 2. The molecule has 2 fully saturated rings. The van der Waals surface area contributed by atoms with Gasteiger partial charge in [0.1, 0.15) is 17.9 Å². The summed E-state index contributed by atoms with van der Waals surface area (Å²) in [5.41, 5.74) is 1.17. The van der Waals surface area contributed by atoms with Gasteiger partial charge in [-0.3, -0.25) is 19.6 Å². The summed E-state index contributed by atoms with van der Waals surface area (Å²) in [6, 6.07) is 2.02. The van der Waals surface area contributed by atoms with E-state index in [0.717, 1.165) is 0 Å². The predicted octanol–water partition coefficient (Wildman–Crippen LogP) is 3.22. The molecule has 0 aliphatic carbocycles. The van der Waals surface area contributed by atoms with Crippen molar-refractivity contribution >= 4 is 29.1 Å². The number of nitrogens with zero attached hydrogens (tertiary/aromatic N) is 4. The van der Waals surface area contributed by atoms with Crippen LogP contribution in [0, 0.1) is 18.7 Å². The number of benzene rings is 1. The molecule has 4 heterocycles. The molecular weight excluding hydrogens is 547 g/mol. The molecule has 2 saturated heterocycles. The van der Waals surface area contributed by atoms with E-state index < -0.39 is 54.3 Å². The second-order valence-electron chi connectivity index (χ2n) is 10.2. The molecule has 0 radical (unpaired) electrons. The van der Waals surface area contributed by atoms with Crippen molar-refractivity contribution in [2.75, 3.05) is 32.8 Å². The standard InChI is InChI=1S/C27H30F3N5O4S/c1-4-39-26(38)21-19(11-35-13-27(29,30)17-10-34(12-20(17)35)15(3)25(36)37)32-23(24-31-8-9-40-24)33-22(21)16-6-5-7-18(28)14(16)2/h5-9,15,17,20,22H,4,10-13H2,1-3H3,(H,32,33)(H,36,37)/t15?,17?,20?,22-/m0/s1. The number of hydrogen-bond donors (Lipinski definition) is 2. The van der Waals surface area contributed by atoms with Crippen molar-refractivity contribution in [3.63, 3.8) is 0 Å². The summed E-state index contributed by atoms with van der Waals surface area (Å²) >= 11 is 1.31. The smallest absolute Gasteiger partial charge is 0.338 e. The number of alkyl halides is 2. The van der Waals surface area contributed by atoms with Crippen LogP contribution in [0.4, 0.5) is 13.2 Å². The van der Waals surface area contributed by atoms with Crippen LogP contribution in [-0.4, -0.2) is 88.5 Å². The number of aliphatic carboxylic acids is 1. The number of amidine groups is 1. The molecule has 40 heavy (non-hydrogen) atoms. The van der Waals surface area contributed by atoms with Crippen LogP contribution >= 0.6 is 11.3 Å². The maximum Gasteiger partial charge on any atom is 0.338 e. The molecule has 214 valence electrons.